The van der Waals surface area contributed by atoms with E-state index in [0.717, 1.165) is 21.2 Å². The van der Waals surface area contributed by atoms with Gasteiger partial charge >= 0.3 is 6.03 Å². The summed E-state index contributed by atoms with van der Waals surface area (Å²) in [5.74, 6) is 0.388. The Balaban J connectivity index is 1.45. The number of imide groups is 1. The van der Waals surface area contributed by atoms with E-state index in [9.17, 15) is 9.59 Å². The third-order valence-corrected chi connectivity index (χ3v) is 5.68. The third-order valence-electron chi connectivity index (χ3n) is 4.48. The van der Waals surface area contributed by atoms with Crippen molar-refractivity contribution in [2.75, 3.05) is 0 Å². The fourth-order valence-electron chi connectivity index (χ4n) is 3.05. The summed E-state index contributed by atoms with van der Waals surface area (Å²) in [4.78, 5) is 28.7. The van der Waals surface area contributed by atoms with E-state index in [1.807, 2.05) is 48.0 Å². The van der Waals surface area contributed by atoms with E-state index in [1.54, 1.807) is 6.33 Å². The summed E-state index contributed by atoms with van der Waals surface area (Å²) >= 11 is 1.48. The smallest absolute Gasteiger partial charge is 0.322 e. The highest BCUT2D eigenvalue weighted by molar-refractivity contribution is 7.99. The lowest BCUT2D eigenvalue weighted by Crippen LogP contribution is -2.22. The largest absolute Gasteiger partial charge is 0.489 e. The quantitative estimate of drug-likeness (QED) is 0.611. The highest BCUT2D eigenvalue weighted by Crippen LogP contribution is 2.34. The number of nitrogens with one attached hydrogen (secondary N) is 2. The monoisotopic (exact) mass is 408 g/mol. The van der Waals surface area contributed by atoms with Gasteiger partial charge in [0.15, 0.2) is 6.04 Å². The zero-order valence-corrected chi connectivity index (χ0v) is 16.8. The van der Waals surface area contributed by atoms with Crippen molar-refractivity contribution in [2.24, 2.45) is 7.05 Å². The van der Waals surface area contributed by atoms with Crippen molar-refractivity contribution < 1.29 is 14.3 Å². The topological polar surface area (TPSA) is 85.2 Å². The molecule has 0 bridgehead atoms. The first-order valence-corrected chi connectivity index (χ1v) is 9.90. The van der Waals surface area contributed by atoms with Gasteiger partial charge in [-0.3, -0.25) is 10.1 Å². The van der Waals surface area contributed by atoms with Gasteiger partial charge in [-0.05, 0) is 36.8 Å². The molecule has 1 unspecified atom stereocenters. The molecule has 7 nitrogen and oxygen atoms in total. The van der Waals surface area contributed by atoms with Crippen LogP contribution in [0.5, 0.6) is 5.75 Å². The zero-order chi connectivity index (χ0) is 20.4. The second-order valence-electron chi connectivity index (χ2n) is 6.79. The number of aromatic nitrogens is 2. The van der Waals surface area contributed by atoms with E-state index < -0.39 is 18.0 Å². The van der Waals surface area contributed by atoms with Crippen molar-refractivity contribution in [3.8, 4) is 5.75 Å². The van der Waals surface area contributed by atoms with E-state index in [-0.39, 0.29) is 0 Å². The highest BCUT2D eigenvalue weighted by atomic mass is 32.2. The van der Waals surface area contributed by atoms with Crippen molar-refractivity contribution in [3.05, 3.63) is 71.7 Å². The summed E-state index contributed by atoms with van der Waals surface area (Å²) in [6.45, 7) is 2.57. The molecule has 29 heavy (non-hydrogen) atoms. The zero-order valence-electron chi connectivity index (χ0n) is 16.0. The Morgan fingerprint density at radius 3 is 2.66 bits per heavy atom. The normalized spacial score (nSPS) is 15.9. The summed E-state index contributed by atoms with van der Waals surface area (Å²) in [5, 5.41) is 5.63. The number of rotatable bonds is 6. The molecule has 8 heteroatoms. The number of ether oxygens (including phenoxy) is 1. The predicted octanol–water partition coefficient (Wildman–Crippen LogP) is 3.34. The minimum absolute atomic E-state index is 0.393. The van der Waals surface area contributed by atoms with Crippen LogP contribution < -0.4 is 15.4 Å². The molecule has 2 aromatic carbocycles. The summed E-state index contributed by atoms with van der Waals surface area (Å²) < 4.78 is 7.70. The third kappa shape index (κ3) is 4.27. The molecule has 3 aromatic rings. The molecular weight excluding hydrogens is 388 g/mol. The van der Waals surface area contributed by atoms with Crippen LogP contribution in [0.3, 0.4) is 0 Å². The number of nitrogens with zero attached hydrogens (tertiary/aromatic N) is 2. The van der Waals surface area contributed by atoms with Crippen molar-refractivity contribution in [2.45, 2.75) is 29.5 Å². The second kappa shape index (κ2) is 8.00. The van der Waals surface area contributed by atoms with E-state index in [2.05, 4.69) is 34.7 Å². The molecule has 2 N–H and O–H groups in total. The maximum atomic E-state index is 12.0. The van der Waals surface area contributed by atoms with Crippen LogP contribution in [-0.2, 0) is 18.4 Å². The number of urea groups is 1. The molecule has 1 aliphatic rings. The molecule has 1 saturated heterocycles. The van der Waals surface area contributed by atoms with Crippen LogP contribution in [0.15, 0.2) is 64.8 Å². The van der Waals surface area contributed by atoms with Gasteiger partial charge in [-0.1, -0.05) is 41.6 Å². The second-order valence-corrected chi connectivity index (χ2v) is 7.86. The standard InChI is InChI=1S/C21H20N4O3S/c1-13-4-3-5-14(10-13)11-28-15-6-8-16(9-7-15)29-20-18(22-12-25(20)2)17-19(26)24-21(27)23-17/h3-10,12,17H,11H2,1-2H3,(H2,23,24,26,27). The van der Waals surface area contributed by atoms with E-state index >= 15 is 0 Å². The molecule has 3 amide bonds. The average molecular weight is 408 g/mol. The van der Waals surface area contributed by atoms with Crippen LogP contribution in [0, 0.1) is 6.92 Å². The Hall–Kier alpha value is -3.26. The van der Waals surface area contributed by atoms with Gasteiger partial charge in [-0.2, -0.15) is 0 Å². The van der Waals surface area contributed by atoms with Gasteiger partial charge in [-0.15, -0.1) is 0 Å². The Morgan fingerprint density at radius 2 is 1.97 bits per heavy atom. The van der Waals surface area contributed by atoms with E-state index in [1.165, 1.54) is 17.3 Å². The van der Waals surface area contributed by atoms with Crippen molar-refractivity contribution in [1.29, 1.82) is 0 Å². The number of hydrogen-bond acceptors (Lipinski definition) is 5. The highest BCUT2D eigenvalue weighted by Gasteiger charge is 2.35. The van der Waals surface area contributed by atoms with Gasteiger partial charge in [0, 0.05) is 11.9 Å². The molecule has 1 atom stereocenters. The van der Waals surface area contributed by atoms with Crippen molar-refractivity contribution >= 4 is 23.7 Å². The number of carbonyl (C=O) groups excluding carboxylic acids is 2. The Morgan fingerprint density at radius 1 is 1.17 bits per heavy atom. The summed E-state index contributed by atoms with van der Waals surface area (Å²) in [6.07, 6.45) is 1.63. The fraction of sp³-hybridized carbons (Fsp3) is 0.190. The maximum absolute atomic E-state index is 12.0. The molecule has 1 aromatic heterocycles. The number of amides is 3. The molecule has 0 spiro atoms. The first kappa shape index (κ1) is 19.1. The van der Waals surface area contributed by atoms with E-state index in [0.29, 0.717) is 12.3 Å². The van der Waals surface area contributed by atoms with Crippen LogP contribution in [0.1, 0.15) is 22.9 Å². The number of benzene rings is 2. The minimum atomic E-state index is -0.775. The SMILES string of the molecule is Cc1cccc(COc2ccc(Sc3c(C4NC(=O)NC4=O)ncn3C)cc2)c1. The lowest BCUT2D eigenvalue weighted by molar-refractivity contribution is -0.120. The first-order valence-electron chi connectivity index (χ1n) is 9.08. The molecule has 4 rings (SSSR count). The van der Waals surface area contributed by atoms with Gasteiger partial charge in [0.2, 0.25) is 0 Å². The lowest BCUT2D eigenvalue weighted by Gasteiger charge is -2.10. The Kier molecular flexibility index (Phi) is 5.26. The minimum Gasteiger partial charge on any atom is -0.489 e. The van der Waals surface area contributed by atoms with Crippen LogP contribution in [-0.4, -0.2) is 21.5 Å². The number of hydrogen-bond donors (Lipinski definition) is 2. The molecule has 0 saturated carbocycles. The predicted molar refractivity (Wildman–Crippen MR) is 109 cm³/mol. The summed E-state index contributed by atoms with van der Waals surface area (Å²) in [6, 6.07) is 14.7. The molecule has 0 aliphatic carbocycles. The Labute approximate surface area is 172 Å². The molecule has 0 radical (unpaired) electrons. The lowest BCUT2D eigenvalue weighted by atomic mass is 10.1. The fourth-order valence-corrected chi connectivity index (χ4v) is 4.01. The summed E-state index contributed by atoms with van der Waals surface area (Å²) in [7, 11) is 1.85. The maximum Gasteiger partial charge on any atom is 0.322 e. The van der Waals surface area contributed by atoms with Gasteiger partial charge in [-0.25, -0.2) is 9.78 Å². The molecule has 148 valence electrons. The molecular formula is C21H20N4O3S. The van der Waals surface area contributed by atoms with Gasteiger partial charge in [0.25, 0.3) is 5.91 Å². The summed E-state index contributed by atoms with van der Waals surface area (Å²) in [5.41, 5.74) is 2.86. The number of aryl methyl sites for hydroxylation is 2. The van der Waals surface area contributed by atoms with Gasteiger partial charge in [0.1, 0.15) is 23.1 Å². The van der Waals surface area contributed by atoms with Crippen molar-refractivity contribution in [1.82, 2.24) is 20.2 Å². The number of carbonyl (C=O) groups is 2. The molecule has 2 heterocycles. The van der Waals surface area contributed by atoms with Crippen LogP contribution in [0.2, 0.25) is 0 Å². The number of imidazole rings is 1. The van der Waals surface area contributed by atoms with Gasteiger partial charge < -0.3 is 14.6 Å². The van der Waals surface area contributed by atoms with Crippen LogP contribution in [0.4, 0.5) is 4.79 Å². The van der Waals surface area contributed by atoms with Crippen molar-refractivity contribution in [3.63, 3.8) is 0 Å². The Bertz CT molecular complexity index is 1060. The average Bonchev–Trinajstić information content (AvgIpc) is 3.22. The van der Waals surface area contributed by atoms with Crippen LogP contribution in [0.25, 0.3) is 0 Å². The first-order chi connectivity index (χ1) is 14.0. The van der Waals surface area contributed by atoms with E-state index in [4.69, 9.17) is 4.74 Å². The molecule has 1 aliphatic heterocycles. The van der Waals surface area contributed by atoms with Gasteiger partial charge in [0.05, 0.1) is 6.33 Å². The molecule has 1 fully saturated rings. The van der Waals surface area contributed by atoms with Crippen LogP contribution >= 0.6 is 11.8 Å².